The lowest BCUT2D eigenvalue weighted by Gasteiger charge is -2.14. The number of aliphatic hydroxyl groups excluding tert-OH is 1. The maximum Gasteiger partial charge on any atom is 0.175 e. The van der Waals surface area contributed by atoms with Gasteiger partial charge in [-0.05, 0) is 31.0 Å². The van der Waals surface area contributed by atoms with Crippen molar-refractivity contribution < 1.29 is 19.4 Å². The van der Waals surface area contributed by atoms with Gasteiger partial charge in [-0.1, -0.05) is 0 Å². The molecule has 0 unspecified atom stereocenters. The van der Waals surface area contributed by atoms with Crippen molar-refractivity contribution in [3.05, 3.63) is 23.8 Å². The number of hydrogen-bond donors (Lipinski definition) is 1. The number of ketones is 1. The van der Waals surface area contributed by atoms with Gasteiger partial charge in [0.25, 0.3) is 0 Å². The maximum absolute atomic E-state index is 12.3. The van der Waals surface area contributed by atoms with Crippen LogP contribution in [-0.2, 0) is 0 Å². The second-order valence-electron chi connectivity index (χ2n) is 4.33. The van der Waals surface area contributed by atoms with Gasteiger partial charge in [0.1, 0.15) is 11.5 Å². The summed E-state index contributed by atoms with van der Waals surface area (Å²) in [6, 6.07) is 5.12. The number of aliphatic hydroxyl groups is 1. The number of hydrogen-bond acceptors (Lipinski definition) is 4. The lowest BCUT2D eigenvalue weighted by molar-refractivity contribution is 0.0826. The average Bonchev–Trinajstić information content (AvgIpc) is 3.18. The SMILES string of the molecule is COc1ccc(OC)c(C(=O)C2(CO)CC2)c1. The third-order valence-electron chi connectivity index (χ3n) is 3.29. The molecule has 1 aliphatic rings. The van der Waals surface area contributed by atoms with Crippen LogP contribution in [0, 0.1) is 5.41 Å². The van der Waals surface area contributed by atoms with Crippen molar-refractivity contribution in [2.45, 2.75) is 12.8 Å². The molecule has 0 radical (unpaired) electrons. The van der Waals surface area contributed by atoms with Crippen LogP contribution >= 0.6 is 0 Å². The first-order chi connectivity index (χ1) is 8.16. The Balaban J connectivity index is 2.39. The highest BCUT2D eigenvalue weighted by Crippen LogP contribution is 2.49. The number of carbonyl (C=O) groups excluding carboxylic acids is 1. The first-order valence-corrected chi connectivity index (χ1v) is 5.54. The van der Waals surface area contributed by atoms with Gasteiger partial charge in [-0.15, -0.1) is 0 Å². The van der Waals surface area contributed by atoms with Crippen LogP contribution in [0.15, 0.2) is 18.2 Å². The van der Waals surface area contributed by atoms with Gasteiger partial charge in [-0.25, -0.2) is 0 Å². The molecule has 0 amide bonds. The Hall–Kier alpha value is -1.55. The summed E-state index contributed by atoms with van der Waals surface area (Å²) in [7, 11) is 3.08. The second-order valence-corrected chi connectivity index (χ2v) is 4.33. The fourth-order valence-corrected chi connectivity index (χ4v) is 1.89. The van der Waals surface area contributed by atoms with Crippen LogP contribution in [-0.4, -0.2) is 31.7 Å². The Morgan fingerprint density at radius 3 is 2.53 bits per heavy atom. The fourth-order valence-electron chi connectivity index (χ4n) is 1.89. The maximum atomic E-state index is 12.3. The molecule has 1 N–H and O–H groups in total. The highest BCUT2D eigenvalue weighted by Gasteiger charge is 2.50. The first-order valence-electron chi connectivity index (χ1n) is 5.54. The molecule has 1 saturated carbocycles. The molecular formula is C13H16O4. The standard InChI is InChI=1S/C13H16O4/c1-16-9-3-4-11(17-2)10(7-9)12(15)13(8-14)5-6-13/h3-4,7,14H,5-6,8H2,1-2H3. The monoisotopic (exact) mass is 236 g/mol. The molecule has 2 rings (SSSR count). The number of Topliss-reactive ketones (excluding diaryl/α,β-unsaturated/α-hetero) is 1. The van der Waals surface area contributed by atoms with E-state index in [-0.39, 0.29) is 12.4 Å². The smallest absolute Gasteiger partial charge is 0.175 e. The van der Waals surface area contributed by atoms with Gasteiger partial charge in [0.05, 0.1) is 31.8 Å². The summed E-state index contributed by atoms with van der Waals surface area (Å²) in [5.74, 6) is 1.08. The molecule has 92 valence electrons. The van der Waals surface area contributed by atoms with Crippen LogP contribution in [0.3, 0.4) is 0 Å². The minimum Gasteiger partial charge on any atom is -0.497 e. The van der Waals surface area contributed by atoms with Gasteiger partial charge in [0.2, 0.25) is 0 Å². The lowest BCUT2D eigenvalue weighted by Crippen LogP contribution is -2.20. The molecule has 0 spiro atoms. The lowest BCUT2D eigenvalue weighted by atomic mass is 9.95. The zero-order valence-corrected chi connectivity index (χ0v) is 10.0. The van der Waals surface area contributed by atoms with E-state index in [1.807, 2.05) is 0 Å². The Kier molecular flexibility index (Phi) is 3.07. The normalized spacial score (nSPS) is 16.4. The van der Waals surface area contributed by atoms with E-state index < -0.39 is 5.41 Å². The third-order valence-corrected chi connectivity index (χ3v) is 3.29. The minimum absolute atomic E-state index is 0.0595. The molecule has 1 aliphatic carbocycles. The van der Waals surface area contributed by atoms with Crippen molar-refractivity contribution in [3.63, 3.8) is 0 Å². The largest absolute Gasteiger partial charge is 0.497 e. The number of methoxy groups -OCH3 is 2. The van der Waals surface area contributed by atoms with Gasteiger partial charge in [0.15, 0.2) is 5.78 Å². The van der Waals surface area contributed by atoms with E-state index in [1.54, 1.807) is 25.3 Å². The van der Waals surface area contributed by atoms with Gasteiger partial charge in [-0.3, -0.25) is 4.79 Å². The van der Waals surface area contributed by atoms with E-state index >= 15 is 0 Å². The van der Waals surface area contributed by atoms with E-state index in [1.165, 1.54) is 7.11 Å². The van der Waals surface area contributed by atoms with Crippen LogP contribution in [0.5, 0.6) is 11.5 Å². The van der Waals surface area contributed by atoms with Gasteiger partial charge < -0.3 is 14.6 Å². The van der Waals surface area contributed by atoms with E-state index in [0.717, 1.165) is 12.8 Å². The molecule has 0 aromatic heterocycles. The predicted molar refractivity (Wildman–Crippen MR) is 62.6 cm³/mol. The van der Waals surface area contributed by atoms with Crippen molar-refractivity contribution in [1.29, 1.82) is 0 Å². The summed E-state index contributed by atoms with van der Waals surface area (Å²) < 4.78 is 10.3. The third kappa shape index (κ3) is 2.00. The summed E-state index contributed by atoms with van der Waals surface area (Å²) in [6.07, 6.45) is 1.48. The average molecular weight is 236 g/mol. The molecule has 0 atom stereocenters. The highest BCUT2D eigenvalue weighted by molar-refractivity contribution is 6.04. The van der Waals surface area contributed by atoms with E-state index in [4.69, 9.17) is 9.47 Å². The minimum atomic E-state index is -0.584. The molecule has 1 fully saturated rings. The topological polar surface area (TPSA) is 55.8 Å². The number of carbonyl (C=O) groups is 1. The molecule has 4 nitrogen and oxygen atoms in total. The second kappa shape index (κ2) is 4.37. The molecule has 1 aromatic rings. The molecule has 17 heavy (non-hydrogen) atoms. The quantitative estimate of drug-likeness (QED) is 0.790. The summed E-state index contributed by atoms with van der Waals surface area (Å²) >= 11 is 0. The van der Waals surface area contributed by atoms with Crippen LogP contribution in [0.1, 0.15) is 23.2 Å². The summed E-state index contributed by atoms with van der Waals surface area (Å²) in [4.78, 5) is 12.3. The number of rotatable bonds is 5. The molecule has 0 saturated heterocycles. The molecule has 0 heterocycles. The van der Waals surface area contributed by atoms with E-state index in [9.17, 15) is 9.90 Å². The van der Waals surface area contributed by atoms with E-state index in [0.29, 0.717) is 17.1 Å². The Bertz CT molecular complexity index is 435. The molecule has 1 aromatic carbocycles. The first kappa shape index (κ1) is 11.9. The van der Waals surface area contributed by atoms with Crippen LogP contribution in [0.4, 0.5) is 0 Å². The van der Waals surface area contributed by atoms with Gasteiger partial charge in [-0.2, -0.15) is 0 Å². The summed E-state index contributed by atoms with van der Waals surface area (Å²) in [5.41, 5.74) is -0.0991. The Labute approximate surface area is 100 Å². The van der Waals surface area contributed by atoms with E-state index in [2.05, 4.69) is 0 Å². The summed E-state index contributed by atoms with van der Waals surface area (Å²) in [5, 5.41) is 9.29. The highest BCUT2D eigenvalue weighted by atomic mass is 16.5. The zero-order chi connectivity index (χ0) is 12.5. The summed E-state index contributed by atoms with van der Waals surface area (Å²) in [6.45, 7) is -0.105. The van der Waals surface area contributed by atoms with Crippen LogP contribution < -0.4 is 9.47 Å². The Morgan fingerprint density at radius 1 is 1.35 bits per heavy atom. The van der Waals surface area contributed by atoms with Crippen molar-refractivity contribution in [3.8, 4) is 11.5 Å². The molecule has 4 heteroatoms. The number of ether oxygens (including phenoxy) is 2. The molecule has 0 aliphatic heterocycles. The zero-order valence-electron chi connectivity index (χ0n) is 10.0. The molecular weight excluding hydrogens is 220 g/mol. The van der Waals surface area contributed by atoms with Crippen molar-refractivity contribution in [1.82, 2.24) is 0 Å². The van der Waals surface area contributed by atoms with Crippen LogP contribution in [0.25, 0.3) is 0 Å². The number of benzene rings is 1. The van der Waals surface area contributed by atoms with Crippen molar-refractivity contribution >= 4 is 5.78 Å². The van der Waals surface area contributed by atoms with Crippen LogP contribution in [0.2, 0.25) is 0 Å². The van der Waals surface area contributed by atoms with Crippen molar-refractivity contribution in [2.24, 2.45) is 5.41 Å². The van der Waals surface area contributed by atoms with Crippen molar-refractivity contribution in [2.75, 3.05) is 20.8 Å². The fraction of sp³-hybridized carbons (Fsp3) is 0.462. The molecule has 0 bridgehead atoms. The van der Waals surface area contributed by atoms with Gasteiger partial charge >= 0.3 is 0 Å². The Morgan fingerprint density at radius 2 is 2.06 bits per heavy atom. The predicted octanol–water partition coefficient (Wildman–Crippen LogP) is 1.66. The van der Waals surface area contributed by atoms with Gasteiger partial charge in [0, 0.05) is 0 Å².